The molecule has 0 aromatic heterocycles. The van der Waals surface area contributed by atoms with Crippen LogP contribution in [0.4, 0.5) is 0 Å². The highest BCUT2D eigenvalue weighted by Crippen LogP contribution is 2.22. The predicted octanol–water partition coefficient (Wildman–Crippen LogP) is 3.72. The van der Waals surface area contributed by atoms with Crippen molar-refractivity contribution in [1.29, 1.82) is 0 Å². The number of nitrogens with two attached hydrogens (primary N) is 1. The van der Waals surface area contributed by atoms with E-state index in [1.807, 2.05) is 49.0 Å². The van der Waals surface area contributed by atoms with Crippen LogP contribution in [0.1, 0.15) is 36.9 Å². The molecule has 0 saturated heterocycles. The Balaban J connectivity index is 2.03. The lowest BCUT2D eigenvalue weighted by molar-refractivity contribution is -0.123. The summed E-state index contributed by atoms with van der Waals surface area (Å²) in [4.78, 5) is 13.8. The van der Waals surface area contributed by atoms with Gasteiger partial charge < -0.3 is 11.1 Å². The van der Waals surface area contributed by atoms with Crippen molar-refractivity contribution in [2.45, 2.75) is 30.7 Å². The van der Waals surface area contributed by atoms with Gasteiger partial charge in [0.1, 0.15) is 0 Å². The second-order valence-corrected chi connectivity index (χ2v) is 6.77. The number of amides is 1. The second kappa shape index (κ2) is 8.75. The Morgan fingerprint density at radius 2 is 1.74 bits per heavy atom. The summed E-state index contributed by atoms with van der Waals surface area (Å²) in [5, 5.41) is 3.07. The van der Waals surface area contributed by atoms with Crippen molar-refractivity contribution in [2.75, 3.05) is 12.3 Å². The monoisotopic (exact) mass is 328 g/mol. The fourth-order valence-electron chi connectivity index (χ4n) is 2.50. The van der Waals surface area contributed by atoms with E-state index in [1.165, 1.54) is 4.90 Å². The molecule has 2 aromatic rings. The summed E-state index contributed by atoms with van der Waals surface area (Å²) in [6.45, 7) is 4.44. The summed E-state index contributed by atoms with van der Waals surface area (Å²) in [6, 6.07) is 18.0. The minimum absolute atomic E-state index is 0.0294. The maximum Gasteiger partial charge on any atom is 0.229 e. The van der Waals surface area contributed by atoms with Gasteiger partial charge in [0.25, 0.3) is 0 Å². The predicted molar refractivity (Wildman–Crippen MR) is 97.6 cm³/mol. The zero-order valence-electron chi connectivity index (χ0n) is 13.7. The van der Waals surface area contributed by atoms with E-state index < -0.39 is 0 Å². The Hall–Kier alpha value is -1.78. The lowest BCUT2D eigenvalue weighted by atomic mass is 9.97. The molecular weight excluding hydrogens is 304 g/mol. The van der Waals surface area contributed by atoms with Crippen LogP contribution in [0.25, 0.3) is 0 Å². The Morgan fingerprint density at radius 1 is 1.09 bits per heavy atom. The van der Waals surface area contributed by atoms with Crippen LogP contribution in [0, 0.1) is 0 Å². The topological polar surface area (TPSA) is 55.1 Å². The molecule has 0 heterocycles. The van der Waals surface area contributed by atoms with Crippen molar-refractivity contribution < 1.29 is 4.79 Å². The van der Waals surface area contributed by atoms with Crippen molar-refractivity contribution in [3.05, 3.63) is 65.7 Å². The molecule has 0 aliphatic heterocycles. The fraction of sp³-hybridized carbons (Fsp3) is 0.316. The van der Waals surface area contributed by atoms with Crippen molar-refractivity contribution in [1.82, 2.24) is 5.32 Å². The number of rotatable bonds is 7. The van der Waals surface area contributed by atoms with Gasteiger partial charge >= 0.3 is 0 Å². The molecule has 4 heteroatoms. The average Bonchev–Trinajstić information content (AvgIpc) is 2.57. The molecule has 2 rings (SSSR count). The second-order valence-electron chi connectivity index (χ2n) is 5.43. The normalized spacial score (nSPS) is 13.3. The highest BCUT2D eigenvalue weighted by atomic mass is 32.2. The van der Waals surface area contributed by atoms with Gasteiger partial charge in [-0.3, -0.25) is 4.79 Å². The van der Waals surface area contributed by atoms with Gasteiger partial charge in [-0.25, -0.2) is 0 Å². The Morgan fingerprint density at radius 3 is 2.30 bits per heavy atom. The Kier molecular flexibility index (Phi) is 6.68. The molecule has 2 aromatic carbocycles. The van der Waals surface area contributed by atoms with Crippen LogP contribution < -0.4 is 11.1 Å². The number of carbonyl (C=O) groups is 1. The summed E-state index contributed by atoms with van der Waals surface area (Å²) < 4.78 is 0. The van der Waals surface area contributed by atoms with Crippen molar-refractivity contribution >= 4 is 17.7 Å². The van der Waals surface area contributed by atoms with Crippen LogP contribution in [0.3, 0.4) is 0 Å². The Labute approximate surface area is 142 Å². The minimum atomic E-state index is -0.312. The smallest absolute Gasteiger partial charge is 0.229 e. The molecule has 2 atom stereocenters. The van der Waals surface area contributed by atoms with E-state index in [9.17, 15) is 4.79 Å². The van der Waals surface area contributed by atoms with Gasteiger partial charge in [0, 0.05) is 11.4 Å². The van der Waals surface area contributed by atoms with Gasteiger partial charge in [-0.15, -0.1) is 11.8 Å². The van der Waals surface area contributed by atoms with Crippen LogP contribution >= 0.6 is 11.8 Å². The van der Waals surface area contributed by atoms with Gasteiger partial charge in [0.05, 0.1) is 12.0 Å². The lowest BCUT2D eigenvalue weighted by Gasteiger charge is -2.20. The quantitative estimate of drug-likeness (QED) is 0.762. The largest absolute Gasteiger partial charge is 0.349 e. The molecular formula is C19H24N2OS. The molecule has 1 amide bonds. The van der Waals surface area contributed by atoms with E-state index in [-0.39, 0.29) is 17.9 Å². The first kappa shape index (κ1) is 17.6. The number of nitrogens with one attached hydrogen (secondary N) is 1. The first-order valence-electron chi connectivity index (χ1n) is 7.93. The third-order valence-electron chi connectivity index (χ3n) is 3.80. The van der Waals surface area contributed by atoms with Crippen LogP contribution in [-0.4, -0.2) is 18.2 Å². The van der Waals surface area contributed by atoms with Crippen LogP contribution in [0.2, 0.25) is 0 Å². The molecule has 0 unspecified atom stereocenters. The van der Waals surface area contributed by atoms with E-state index in [0.29, 0.717) is 6.54 Å². The first-order valence-corrected chi connectivity index (χ1v) is 8.92. The minimum Gasteiger partial charge on any atom is -0.349 e. The van der Waals surface area contributed by atoms with Crippen molar-refractivity contribution in [2.24, 2.45) is 5.73 Å². The molecule has 23 heavy (non-hydrogen) atoms. The van der Waals surface area contributed by atoms with Crippen LogP contribution in [0.15, 0.2) is 59.5 Å². The number of benzene rings is 2. The van der Waals surface area contributed by atoms with Gasteiger partial charge in [-0.05, 0) is 35.9 Å². The van der Waals surface area contributed by atoms with Gasteiger partial charge in [-0.1, -0.05) is 49.4 Å². The molecule has 0 aliphatic rings. The summed E-state index contributed by atoms with van der Waals surface area (Å²) in [5.74, 6) is 0.715. The fourth-order valence-corrected chi connectivity index (χ4v) is 3.16. The highest BCUT2D eigenvalue weighted by molar-refractivity contribution is 7.99. The van der Waals surface area contributed by atoms with E-state index >= 15 is 0 Å². The molecule has 0 spiro atoms. The Bertz CT molecular complexity index is 613. The summed E-state index contributed by atoms with van der Waals surface area (Å²) in [6.07, 6.45) is 0. The number of hydrogen-bond acceptors (Lipinski definition) is 3. The molecule has 3 N–H and O–H groups in total. The molecule has 3 nitrogen and oxygen atoms in total. The standard InChI is InChI=1S/C19H24N2OS/c1-3-23-17-11-9-15(10-12-17)14(2)21-19(22)18(13-20)16-7-5-4-6-8-16/h4-12,14,18H,3,13,20H2,1-2H3,(H,21,22)/t14-,18+/m1/s1. The summed E-state index contributed by atoms with van der Waals surface area (Å²) in [7, 11) is 0. The molecule has 0 bridgehead atoms. The zero-order chi connectivity index (χ0) is 16.7. The van der Waals surface area contributed by atoms with E-state index in [4.69, 9.17) is 5.73 Å². The number of hydrogen-bond donors (Lipinski definition) is 2. The average molecular weight is 328 g/mol. The third kappa shape index (κ3) is 4.85. The molecule has 122 valence electrons. The van der Waals surface area contributed by atoms with E-state index in [1.54, 1.807) is 0 Å². The van der Waals surface area contributed by atoms with Gasteiger partial charge in [0.2, 0.25) is 5.91 Å². The van der Waals surface area contributed by atoms with E-state index in [0.717, 1.165) is 16.9 Å². The third-order valence-corrected chi connectivity index (χ3v) is 4.70. The number of carbonyl (C=O) groups excluding carboxylic acids is 1. The number of thioether (sulfide) groups is 1. The zero-order valence-corrected chi connectivity index (χ0v) is 14.5. The van der Waals surface area contributed by atoms with Gasteiger partial charge in [0.15, 0.2) is 0 Å². The van der Waals surface area contributed by atoms with Gasteiger partial charge in [-0.2, -0.15) is 0 Å². The highest BCUT2D eigenvalue weighted by Gasteiger charge is 2.20. The molecule has 0 saturated carbocycles. The van der Waals surface area contributed by atoms with Crippen molar-refractivity contribution in [3.63, 3.8) is 0 Å². The van der Waals surface area contributed by atoms with Crippen LogP contribution in [-0.2, 0) is 4.79 Å². The maximum absolute atomic E-state index is 12.5. The summed E-state index contributed by atoms with van der Waals surface area (Å²) >= 11 is 1.81. The first-order chi connectivity index (χ1) is 11.2. The lowest BCUT2D eigenvalue weighted by Crippen LogP contribution is -2.35. The molecule has 0 aliphatic carbocycles. The summed E-state index contributed by atoms with van der Waals surface area (Å²) in [5.41, 5.74) is 7.86. The molecule has 0 fully saturated rings. The van der Waals surface area contributed by atoms with Crippen LogP contribution in [0.5, 0.6) is 0 Å². The SMILES string of the molecule is CCSc1ccc([C@@H](C)NC(=O)[C@@H](CN)c2ccccc2)cc1. The molecule has 0 radical (unpaired) electrons. The van der Waals surface area contributed by atoms with E-state index in [2.05, 4.69) is 36.5 Å². The maximum atomic E-state index is 12.5. The van der Waals surface area contributed by atoms with Crippen molar-refractivity contribution in [3.8, 4) is 0 Å².